The van der Waals surface area contributed by atoms with Gasteiger partial charge in [0.1, 0.15) is 0 Å². The lowest BCUT2D eigenvalue weighted by Crippen LogP contribution is -2.51. The van der Waals surface area contributed by atoms with E-state index in [2.05, 4.69) is 33.0 Å². The first-order chi connectivity index (χ1) is 8.11. The molecule has 0 saturated carbocycles. The van der Waals surface area contributed by atoms with Crippen molar-refractivity contribution in [2.75, 3.05) is 26.8 Å². The topological polar surface area (TPSA) is 50.7 Å². The number of nitrogens with one attached hydrogen (secondary N) is 1. The Labute approximate surface area is 111 Å². The highest BCUT2D eigenvalue weighted by Gasteiger charge is 2.52. The molecule has 0 spiro atoms. The van der Waals surface area contributed by atoms with Crippen LogP contribution >= 0.6 is 0 Å². The minimum absolute atomic E-state index is 0.120. The van der Waals surface area contributed by atoms with Crippen molar-refractivity contribution in [2.24, 2.45) is 5.92 Å². The third-order valence-corrected chi connectivity index (χ3v) is 3.79. The molecule has 0 aromatic carbocycles. The molecule has 0 bridgehead atoms. The quantitative estimate of drug-likeness (QED) is 0.711. The maximum Gasteiger partial charge on any atom is 0.0799 e. The van der Waals surface area contributed by atoms with E-state index in [4.69, 9.17) is 9.47 Å². The van der Waals surface area contributed by atoms with Gasteiger partial charge in [-0.3, -0.25) is 0 Å². The Morgan fingerprint density at radius 1 is 1.39 bits per heavy atom. The van der Waals surface area contributed by atoms with Gasteiger partial charge in [-0.15, -0.1) is 0 Å². The van der Waals surface area contributed by atoms with Crippen molar-refractivity contribution < 1.29 is 14.6 Å². The van der Waals surface area contributed by atoms with Gasteiger partial charge in [0.15, 0.2) is 0 Å². The highest BCUT2D eigenvalue weighted by molar-refractivity contribution is 5.02. The summed E-state index contributed by atoms with van der Waals surface area (Å²) in [5.41, 5.74) is -1.23. The Kier molecular flexibility index (Phi) is 4.81. The monoisotopic (exact) mass is 259 g/mol. The fraction of sp³-hybridized carbons (Fsp3) is 1.00. The molecule has 0 radical (unpaired) electrons. The van der Waals surface area contributed by atoms with Crippen molar-refractivity contribution in [2.45, 2.75) is 57.8 Å². The normalized spacial score (nSPS) is 29.2. The minimum atomic E-state index is -0.773. The van der Waals surface area contributed by atoms with Crippen molar-refractivity contribution in [3.05, 3.63) is 0 Å². The van der Waals surface area contributed by atoms with Crippen molar-refractivity contribution in [1.29, 1.82) is 0 Å². The van der Waals surface area contributed by atoms with Gasteiger partial charge in [-0.1, -0.05) is 0 Å². The van der Waals surface area contributed by atoms with Gasteiger partial charge in [-0.2, -0.15) is 0 Å². The van der Waals surface area contributed by atoms with Crippen molar-refractivity contribution in [3.63, 3.8) is 0 Å². The largest absolute Gasteiger partial charge is 0.388 e. The van der Waals surface area contributed by atoms with E-state index in [9.17, 15) is 5.11 Å². The van der Waals surface area contributed by atoms with Gasteiger partial charge in [0, 0.05) is 26.1 Å². The lowest BCUT2D eigenvalue weighted by molar-refractivity contribution is -0.107. The van der Waals surface area contributed by atoms with E-state index < -0.39 is 5.60 Å². The van der Waals surface area contributed by atoms with Crippen LogP contribution in [0.25, 0.3) is 0 Å². The predicted octanol–water partition coefficient (Wildman–Crippen LogP) is 1.57. The maximum atomic E-state index is 10.7. The number of aliphatic hydroxyl groups is 1. The summed E-state index contributed by atoms with van der Waals surface area (Å²) in [7, 11) is 1.68. The molecule has 1 saturated heterocycles. The number of methoxy groups -OCH3 is 1. The Balaban J connectivity index is 2.61. The third kappa shape index (κ3) is 3.92. The molecule has 0 aromatic rings. The molecule has 4 nitrogen and oxygen atoms in total. The van der Waals surface area contributed by atoms with Gasteiger partial charge >= 0.3 is 0 Å². The van der Waals surface area contributed by atoms with Gasteiger partial charge in [-0.25, -0.2) is 0 Å². The van der Waals surface area contributed by atoms with E-state index in [-0.39, 0.29) is 17.1 Å². The summed E-state index contributed by atoms with van der Waals surface area (Å²) in [6.45, 7) is 12.2. The summed E-state index contributed by atoms with van der Waals surface area (Å²) in [5, 5.41) is 13.9. The zero-order valence-corrected chi connectivity index (χ0v) is 12.7. The fourth-order valence-corrected chi connectivity index (χ4v) is 3.17. The van der Waals surface area contributed by atoms with E-state index in [1.165, 1.54) is 0 Å². The van der Waals surface area contributed by atoms with E-state index in [1.54, 1.807) is 7.11 Å². The summed E-state index contributed by atoms with van der Waals surface area (Å²) in [4.78, 5) is 0. The SMILES string of the molecule is COCCNCC(C)(O)C1CC(C)(C)OC1(C)C. The Hall–Kier alpha value is -0.160. The zero-order chi connectivity index (χ0) is 14.0. The van der Waals surface area contributed by atoms with Crippen LogP contribution in [0.5, 0.6) is 0 Å². The molecule has 2 N–H and O–H groups in total. The molecule has 0 aromatic heterocycles. The van der Waals surface area contributed by atoms with Crippen molar-refractivity contribution in [1.82, 2.24) is 5.32 Å². The van der Waals surface area contributed by atoms with Crippen LogP contribution < -0.4 is 5.32 Å². The van der Waals surface area contributed by atoms with E-state index >= 15 is 0 Å². The van der Waals surface area contributed by atoms with Crippen LogP contribution in [0, 0.1) is 5.92 Å². The molecular formula is C14H29NO3. The Morgan fingerprint density at radius 3 is 2.44 bits per heavy atom. The molecule has 0 amide bonds. The second-order valence-corrected chi connectivity index (χ2v) is 6.75. The van der Waals surface area contributed by atoms with Crippen LogP contribution in [-0.4, -0.2) is 48.7 Å². The summed E-state index contributed by atoms with van der Waals surface area (Å²) in [5.74, 6) is 0.120. The van der Waals surface area contributed by atoms with E-state index in [1.807, 2.05) is 6.92 Å². The number of hydrogen-bond acceptors (Lipinski definition) is 4. The predicted molar refractivity (Wildman–Crippen MR) is 72.7 cm³/mol. The molecule has 4 heteroatoms. The summed E-state index contributed by atoms with van der Waals surface area (Å²) < 4.78 is 11.0. The van der Waals surface area contributed by atoms with Crippen LogP contribution in [0.2, 0.25) is 0 Å². The highest BCUT2D eigenvalue weighted by Crippen LogP contribution is 2.46. The Bertz CT molecular complexity index is 274. The molecule has 1 aliphatic heterocycles. The van der Waals surface area contributed by atoms with Gasteiger partial charge < -0.3 is 19.9 Å². The van der Waals surface area contributed by atoms with Crippen LogP contribution in [0.3, 0.4) is 0 Å². The molecule has 1 heterocycles. The lowest BCUT2D eigenvalue weighted by Gasteiger charge is -2.37. The molecule has 2 unspecified atom stereocenters. The molecule has 108 valence electrons. The molecule has 1 rings (SSSR count). The first-order valence-electron chi connectivity index (χ1n) is 6.73. The van der Waals surface area contributed by atoms with Gasteiger partial charge in [0.25, 0.3) is 0 Å². The minimum Gasteiger partial charge on any atom is -0.388 e. The maximum absolute atomic E-state index is 10.7. The number of rotatable bonds is 6. The van der Waals surface area contributed by atoms with Crippen LogP contribution in [0.4, 0.5) is 0 Å². The second kappa shape index (κ2) is 5.45. The first kappa shape index (κ1) is 15.9. The summed E-state index contributed by atoms with van der Waals surface area (Å²) in [6.07, 6.45) is 0.874. The molecule has 18 heavy (non-hydrogen) atoms. The molecule has 1 fully saturated rings. The summed E-state index contributed by atoms with van der Waals surface area (Å²) in [6, 6.07) is 0. The molecule has 2 atom stereocenters. The van der Waals surface area contributed by atoms with Crippen molar-refractivity contribution >= 4 is 0 Å². The fourth-order valence-electron chi connectivity index (χ4n) is 3.17. The van der Waals surface area contributed by atoms with Crippen LogP contribution in [0.1, 0.15) is 41.0 Å². The molecular weight excluding hydrogens is 230 g/mol. The summed E-state index contributed by atoms with van der Waals surface area (Å²) >= 11 is 0. The third-order valence-electron chi connectivity index (χ3n) is 3.79. The van der Waals surface area contributed by atoms with Crippen LogP contribution in [0.15, 0.2) is 0 Å². The second-order valence-electron chi connectivity index (χ2n) is 6.75. The van der Waals surface area contributed by atoms with Gasteiger partial charge in [-0.05, 0) is 41.0 Å². The first-order valence-corrected chi connectivity index (χ1v) is 6.73. The lowest BCUT2D eigenvalue weighted by atomic mass is 9.75. The average molecular weight is 259 g/mol. The highest BCUT2D eigenvalue weighted by atomic mass is 16.5. The van der Waals surface area contributed by atoms with Gasteiger partial charge in [0.2, 0.25) is 0 Å². The smallest absolute Gasteiger partial charge is 0.0799 e. The average Bonchev–Trinajstić information content (AvgIpc) is 2.42. The van der Waals surface area contributed by atoms with Gasteiger partial charge in [0.05, 0.1) is 23.4 Å². The van der Waals surface area contributed by atoms with Crippen LogP contribution in [-0.2, 0) is 9.47 Å². The standard InChI is InChI=1S/C14H29NO3/c1-12(2)9-11(13(3,4)18-12)14(5,16)10-15-7-8-17-6/h11,15-16H,7-10H2,1-6H3. The number of hydrogen-bond donors (Lipinski definition) is 2. The number of ether oxygens (including phenoxy) is 2. The van der Waals surface area contributed by atoms with E-state index in [0.717, 1.165) is 13.0 Å². The zero-order valence-electron chi connectivity index (χ0n) is 12.7. The van der Waals surface area contributed by atoms with Crippen molar-refractivity contribution in [3.8, 4) is 0 Å². The molecule has 0 aliphatic carbocycles. The Morgan fingerprint density at radius 2 is 2.00 bits per heavy atom. The van der Waals surface area contributed by atoms with E-state index in [0.29, 0.717) is 13.2 Å². The molecule has 1 aliphatic rings.